The number of pyridine rings is 1. The zero-order valence-corrected chi connectivity index (χ0v) is 10.8. The zero-order chi connectivity index (χ0) is 14.6. The molecule has 1 amide bonds. The van der Waals surface area contributed by atoms with Crippen molar-refractivity contribution in [3.63, 3.8) is 0 Å². The van der Waals surface area contributed by atoms with Crippen molar-refractivity contribution < 1.29 is 19.4 Å². The highest BCUT2D eigenvalue weighted by Crippen LogP contribution is 2.30. The van der Waals surface area contributed by atoms with E-state index in [-0.39, 0.29) is 17.8 Å². The van der Waals surface area contributed by atoms with Crippen molar-refractivity contribution >= 4 is 11.9 Å². The van der Waals surface area contributed by atoms with E-state index in [1.54, 1.807) is 0 Å². The number of aromatic nitrogens is 1. The van der Waals surface area contributed by atoms with Gasteiger partial charge in [0.2, 0.25) is 5.56 Å². The van der Waals surface area contributed by atoms with Crippen molar-refractivity contribution in [2.75, 3.05) is 19.8 Å². The van der Waals surface area contributed by atoms with Gasteiger partial charge < -0.3 is 20.1 Å². The van der Waals surface area contributed by atoms with E-state index < -0.39 is 17.3 Å². The van der Waals surface area contributed by atoms with Gasteiger partial charge in [0.1, 0.15) is 5.69 Å². The first-order valence-corrected chi connectivity index (χ1v) is 6.32. The first-order valence-electron chi connectivity index (χ1n) is 6.32. The number of ether oxygens (including phenoxy) is 1. The minimum atomic E-state index is -0.997. The molecule has 0 aromatic carbocycles. The quantitative estimate of drug-likeness (QED) is 0.718. The Kier molecular flexibility index (Phi) is 4.19. The highest BCUT2D eigenvalue weighted by atomic mass is 16.5. The third-order valence-corrected chi connectivity index (χ3v) is 3.50. The predicted molar refractivity (Wildman–Crippen MR) is 69.5 cm³/mol. The molecular weight excluding hydrogens is 264 g/mol. The summed E-state index contributed by atoms with van der Waals surface area (Å²) in [5.41, 5.74) is -1.26. The number of aliphatic carboxylic acids is 1. The summed E-state index contributed by atoms with van der Waals surface area (Å²) in [6.45, 7) is 0.746. The van der Waals surface area contributed by atoms with Crippen molar-refractivity contribution in [3.05, 3.63) is 34.2 Å². The summed E-state index contributed by atoms with van der Waals surface area (Å²) in [5.74, 6) is -1.43. The number of carbonyl (C=O) groups is 2. The van der Waals surface area contributed by atoms with Crippen LogP contribution in [0.1, 0.15) is 23.3 Å². The first kappa shape index (κ1) is 14.3. The van der Waals surface area contributed by atoms with Crippen LogP contribution >= 0.6 is 0 Å². The second-order valence-electron chi connectivity index (χ2n) is 4.81. The molecule has 108 valence electrons. The van der Waals surface area contributed by atoms with Crippen LogP contribution in [0.5, 0.6) is 0 Å². The van der Waals surface area contributed by atoms with Gasteiger partial charge in [-0.25, -0.2) is 0 Å². The van der Waals surface area contributed by atoms with Crippen molar-refractivity contribution in [1.82, 2.24) is 10.3 Å². The van der Waals surface area contributed by atoms with Crippen LogP contribution in [-0.4, -0.2) is 41.7 Å². The lowest BCUT2D eigenvalue weighted by molar-refractivity contribution is -0.154. The van der Waals surface area contributed by atoms with Gasteiger partial charge in [0.05, 0.1) is 5.41 Å². The van der Waals surface area contributed by atoms with Crippen LogP contribution in [0.2, 0.25) is 0 Å². The fourth-order valence-electron chi connectivity index (χ4n) is 2.15. The molecule has 0 radical (unpaired) electrons. The van der Waals surface area contributed by atoms with Crippen molar-refractivity contribution in [2.45, 2.75) is 12.8 Å². The van der Waals surface area contributed by atoms with Crippen LogP contribution in [-0.2, 0) is 9.53 Å². The third kappa shape index (κ3) is 3.05. The van der Waals surface area contributed by atoms with E-state index in [2.05, 4.69) is 10.3 Å². The molecular formula is C13H16N2O5. The number of hydrogen-bond donors (Lipinski definition) is 3. The van der Waals surface area contributed by atoms with Crippen LogP contribution in [0.4, 0.5) is 0 Å². The molecule has 1 aromatic rings. The van der Waals surface area contributed by atoms with Crippen LogP contribution in [0.15, 0.2) is 23.0 Å². The van der Waals surface area contributed by atoms with E-state index in [1.165, 1.54) is 18.2 Å². The van der Waals surface area contributed by atoms with E-state index in [0.29, 0.717) is 26.1 Å². The lowest BCUT2D eigenvalue weighted by Crippen LogP contribution is -2.46. The Bertz CT molecular complexity index is 560. The molecule has 0 atom stereocenters. The average Bonchev–Trinajstić information content (AvgIpc) is 2.45. The molecule has 1 saturated heterocycles. The van der Waals surface area contributed by atoms with Gasteiger partial charge in [-0.2, -0.15) is 0 Å². The van der Waals surface area contributed by atoms with Crippen LogP contribution in [0.3, 0.4) is 0 Å². The lowest BCUT2D eigenvalue weighted by Gasteiger charge is -2.33. The highest BCUT2D eigenvalue weighted by molar-refractivity contribution is 5.92. The summed E-state index contributed by atoms with van der Waals surface area (Å²) in [5, 5.41) is 11.9. The van der Waals surface area contributed by atoms with Crippen LogP contribution in [0, 0.1) is 5.41 Å². The number of hydrogen-bond acceptors (Lipinski definition) is 4. The SMILES string of the molecule is O=C(NCC1(C(=O)O)CCOCC1)c1cccc(=O)[nH]1. The maximum Gasteiger partial charge on any atom is 0.311 e. The standard InChI is InChI=1S/C13H16N2O5/c16-10-3-1-2-9(15-10)11(17)14-8-13(12(18)19)4-6-20-7-5-13/h1-3H,4-8H2,(H,14,17)(H,15,16)(H,18,19). The number of carboxylic acids is 1. The van der Waals surface area contributed by atoms with Gasteiger partial charge in [-0.05, 0) is 18.9 Å². The van der Waals surface area contributed by atoms with Crippen molar-refractivity contribution in [2.24, 2.45) is 5.41 Å². The Hall–Kier alpha value is -2.15. The Labute approximate surface area is 115 Å². The zero-order valence-electron chi connectivity index (χ0n) is 10.8. The number of aromatic amines is 1. The van der Waals surface area contributed by atoms with Gasteiger partial charge in [0.15, 0.2) is 0 Å². The molecule has 1 aromatic heterocycles. The van der Waals surface area contributed by atoms with E-state index in [9.17, 15) is 19.5 Å². The van der Waals surface area contributed by atoms with Crippen LogP contribution in [0.25, 0.3) is 0 Å². The van der Waals surface area contributed by atoms with Gasteiger partial charge in [-0.1, -0.05) is 6.07 Å². The van der Waals surface area contributed by atoms with E-state index in [0.717, 1.165) is 0 Å². The number of carboxylic acid groups (broad SMARTS) is 1. The number of amides is 1. The molecule has 2 rings (SSSR count). The Morgan fingerprint density at radius 1 is 1.35 bits per heavy atom. The number of rotatable bonds is 4. The molecule has 3 N–H and O–H groups in total. The van der Waals surface area contributed by atoms with Crippen molar-refractivity contribution in [3.8, 4) is 0 Å². The topological polar surface area (TPSA) is 108 Å². The molecule has 7 nitrogen and oxygen atoms in total. The fraction of sp³-hybridized carbons (Fsp3) is 0.462. The summed E-state index contributed by atoms with van der Waals surface area (Å²) < 4.78 is 5.16. The Balaban J connectivity index is 2.04. The molecule has 7 heteroatoms. The monoisotopic (exact) mass is 280 g/mol. The van der Waals surface area contributed by atoms with Gasteiger partial charge in [0, 0.05) is 25.8 Å². The summed E-state index contributed by atoms with van der Waals surface area (Å²) in [7, 11) is 0. The smallest absolute Gasteiger partial charge is 0.311 e. The molecule has 0 spiro atoms. The van der Waals surface area contributed by atoms with Gasteiger partial charge in [-0.15, -0.1) is 0 Å². The average molecular weight is 280 g/mol. The molecule has 1 aliphatic heterocycles. The first-order chi connectivity index (χ1) is 9.53. The molecule has 0 saturated carbocycles. The Morgan fingerprint density at radius 2 is 2.05 bits per heavy atom. The fourth-order valence-corrected chi connectivity index (χ4v) is 2.15. The van der Waals surface area contributed by atoms with Gasteiger partial charge >= 0.3 is 5.97 Å². The number of H-pyrrole nitrogens is 1. The summed E-state index contributed by atoms with van der Waals surface area (Å²) in [6.07, 6.45) is 0.710. The third-order valence-electron chi connectivity index (χ3n) is 3.50. The summed E-state index contributed by atoms with van der Waals surface area (Å²) >= 11 is 0. The van der Waals surface area contributed by atoms with E-state index >= 15 is 0 Å². The number of carbonyl (C=O) groups excluding carboxylic acids is 1. The minimum Gasteiger partial charge on any atom is -0.481 e. The second-order valence-corrected chi connectivity index (χ2v) is 4.81. The predicted octanol–water partition coefficient (Wildman–Crippen LogP) is -0.0139. The van der Waals surface area contributed by atoms with E-state index in [1.807, 2.05) is 0 Å². The summed E-state index contributed by atoms with van der Waals surface area (Å²) in [4.78, 5) is 36.8. The largest absolute Gasteiger partial charge is 0.481 e. The molecule has 20 heavy (non-hydrogen) atoms. The van der Waals surface area contributed by atoms with Gasteiger partial charge in [0.25, 0.3) is 5.91 Å². The molecule has 2 heterocycles. The maximum atomic E-state index is 11.9. The van der Waals surface area contributed by atoms with Crippen LogP contribution < -0.4 is 10.9 Å². The second kappa shape index (κ2) is 5.87. The summed E-state index contributed by atoms with van der Waals surface area (Å²) in [6, 6.07) is 4.23. The number of nitrogens with one attached hydrogen (secondary N) is 2. The maximum absolute atomic E-state index is 11.9. The van der Waals surface area contributed by atoms with Crippen molar-refractivity contribution in [1.29, 1.82) is 0 Å². The normalized spacial score (nSPS) is 17.4. The van der Waals surface area contributed by atoms with Gasteiger partial charge in [-0.3, -0.25) is 14.4 Å². The highest BCUT2D eigenvalue weighted by Gasteiger charge is 2.40. The minimum absolute atomic E-state index is 0.0153. The molecule has 1 fully saturated rings. The molecule has 0 unspecified atom stereocenters. The molecule has 0 bridgehead atoms. The van der Waals surface area contributed by atoms with E-state index in [4.69, 9.17) is 4.74 Å². The molecule has 1 aliphatic rings. The Morgan fingerprint density at radius 3 is 2.65 bits per heavy atom. The molecule has 0 aliphatic carbocycles. The lowest BCUT2D eigenvalue weighted by atomic mass is 9.80.